The SMILES string of the molecule is COC(=O)[C@H](C=Cc1ccccc1)OC. The molecule has 0 aliphatic carbocycles. The van der Waals surface area contributed by atoms with E-state index in [1.54, 1.807) is 6.08 Å². The van der Waals surface area contributed by atoms with Crippen LogP contribution in [0.25, 0.3) is 6.08 Å². The smallest absolute Gasteiger partial charge is 0.339 e. The molecule has 0 aliphatic rings. The second kappa shape index (κ2) is 5.98. The summed E-state index contributed by atoms with van der Waals surface area (Å²) < 4.78 is 9.54. The van der Waals surface area contributed by atoms with Gasteiger partial charge >= 0.3 is 5.97 Å². The number of ether oxygens (including phenoxy) is 2. The Morgan fingerprint density at radius 1 is 1.27 bits per heavy atom. The lowest BCUT2D eigenvalue weighted by Gasteiger charge is -2.07. The van der Waals surface area contributed by atoms with Crippen LogP contribution in [0.5, 0.6) is 0 Å². The van der Waals surface area contributed by atoms with Crippen LogP contribution in [-0.4, -0.2) is 26.3 Å². The van der Waals surface area contributed by atoms with E-state index < -0.39 is 12.1 Å². The van der Waals surface area contributed by atoms with Crippen LogP contribution < -0.4 is 0 Å². The number of carbonyl (C=O) groups is 1. The van der Waals surface area contributed by atoms with Gasteiger partial charge in [0.1, 0.15) is 0 Å². The summed E-state index contributed by atoms with van der Waals surface area (Å²) >= 11 is 0. The predicted octanol–water partition coefficient (Wildman–Crippen LogP) is 1.89. The van der Waals surface area contributed by atoms with E-state index in [9.17, 15) is 4.79 Å². The van der Waals surface area contributed by atoms with E-state index in [2.05, 4.69) is 4.74 Å². The van der Waals surface area contributed by atoms with E-state index >= 15 is 0 Å². The van der Waals surface area contributed by atoms with E-state index in [4.69, 9.17) is 4.74 Å². The molecule has 0 N–H and O–H groups in total. The van der Waals surface area contributed by atoms with Crippen molar-refractivity contribution in [3.8, 4) is 0 Å². The zero-order chi connectivity index (χ0) is 11.1. The summed E-state index contributed by atoms with van der Waals surface area (Å²) in [6, 6.07) is 9.69. The molecule has 1 aromatic rings. The van der Waals surface area contributed by atoms with Crippen molar-refractivity contribution in [1.29, 1.82) is 0 Å². The van der Waals surface area contributed by atoms with Gasteiger partial charge in [0.25, 0.3) is 0 Å². The van der Waals surface area contributed by atoms with Gasteiger partial charge in [-0.1, -0.05) is 36.4 Å². The molecule has 3 heteroatoms. The molecule has 1 aromatic carbocycles. The molecule has 15 heavy (non-hydrogen) atoms. The molecule has 0 aromatic heterocycles. The van der Waals surface area contributed by atoms with Crippen molar-refractivity contribution < 1.29 is 14.3 Å². The molecule has 0 radical (unpaired) electrons. The van der Waals surface area contributed by atoms with Crippen LogP contribution in [0.2, 0.25) is 0 Å². The van der Waals surface area contributed by atoms with Crippen LogP contribution in [0, 0.1) is 0 Å². The Morgan fingerprint density at radius 3 is 2.47 bits per heavy atom. The molecule has 0 amide bonds. The fourth-order valence-electron chi connectivity index (χ4n) is 1.13. The normalized spacial score (nSPS) is 12.7. The highest BCUT2D eigenvalue weighted by molar-refractivity contribution is 5.78. The average molecular weight is 206 g/mol. The summed E-state index contributed by atoms with van der Waals surface area (Å²) in [5, 5.41) is 0. The van der Waals surface area contributed by atoms with Gasteiger partial charge in [0.05, 0.1) is 7.11 Å². The highest BCUT2D eigenvalue weighted by Gasteiger charge is 2.13. The van der Waals surface area contributed by atoms with Crippen molar-refractivity contribution in [2.24, 2.45) is 0 Å². The molecule has 0 aliphatic heterocycles. The van der Waals surface area contributed by atoms with Crippen LogP contribution in [0.15, 0.2) is 36.4 Å². The van der Waals surface area contributed by atoms with Gasteiger partial charge in [-0.2, -0.15) is 0 Å². The first-order chi connectivity index (χ1) is 7.27. The van der Waals surface area contributed by atoms with Crippen molar-refractivity contribution in [3.05, 3.63) is 42.0 Å². The Balaban J connectivity index is 2.67. The minimum absolute atomic E-state index is 0.398. The van der Waals surface area contributed by atoms with E-state index in [0.29, 0.717) is 0 Å². The molecule has 0 unspecified atom stereocenters. The molecule has 1 atom stereocenters. The minimum Gasteiger partial charge on any atom is -0.467 e. The van der Waals surface area contributed by atoms with Crippen LogP contribution in [-0.2, 0) is 14.3 Å². The van der Waals surface area contributed by atoms with E-state index in [-0.39, 0.29) is 0 Å². The van der Waals surface area contributed by atoms with E-state index in [0.717, 1.165) is 5.56 Å². The zero-order valence-electron chi connectivity index (χ0n) is 8.84. The van der Waals surface area contributed by atoms with Crippen LogP contribution in [0.1, 0.15) is 5.56 Å². The predicted molar refractivity (Wildman–Crippen MR) is 58.3 cm³/mol. The maximum Gasteiger partial charge on any atom is 0.339 e. The number of hydrogen-bond donors (Lipinski definition) is 0. The molecule has 80 valence electrons. The lowest BCUT2D eigenvalue weighted by atomic mass is 10.2. The molecule has 0 heterocycles. The maximum atomic E-state index is 11.2. The Labute approximate surface area is 89.3 Å². The third kappa shape index (κ3) is 3.56. The van der Waals surface area contributed by atoms with Gasteiger partial charge in [-0.15, -0.1) is 0 Å². The van der Waals surface area contributed by atoms with Crippen LogP contribution in [0.4, 0.5) is 0 Å². The highest BCUT2D eigenvalue weighted by Crippen LogP contribution is 2.04. The molecular weight excluding hydrogens is 192 g/mol. The highest BCUT2D eigenvalue weighted by atomic mass is 16.6. The first-order valence-electron chi connectivity index (χ1n) is 4.62. The van der Waals surface area contributed by atoms with Crippen molar-refractivity contribution in [3.63, 3.8) is 0 Å². The molecular formula is C12H14O3. The van der Waals surface area contributed by atoms with Gasteiger partial charge in [-0.25, -0.2) is 4.79 Å². The van der Waals surface area contributed by atoms with Crippen molar-refractivity contribution in [1.82, 2.24) is 0 Å². The van der Waals surface area contributed by atoms with Gasteiger partial charge in [0.2, 0.25) is 0 Å². The van der Waals surface area contributed by atoms with Gasteiger partial charge in [-0.3, -0.25) is 0 Å². The summed E-state index contributed by atoms with van der Waals surface area (Å²) in [6.45, 7) is 0. The minimum atomic E-state index is -0.643. The maximum absolute atomic E-state index is 11.2. The first kappa shape index (κ1) is 11.5. The van der Waals surface area contributed by atoms with Crippen LogP contribution >= 0.6 is 0 Å². The fraction of sp³-hybridized carbons (Fsp3) is 0.250. The van der Waals surface area contributed by atoms with Gasteiger partial charge < -0.3 is 9.47 Å². The lowest BCUT2D eigenvalue weighted by molar-refractivity contribution is -0.149. The largest absolute Gasteiger partial charge is 0.467 e. The van der Waals surface area contributed by atoms with Crippen molar-refractivity contribution in [2.75, 3.05) is 14.2 Å². The quantitative estimate of drug-likeness (QED) is 0.706. The number of methoxy groups -OCH3 is 2. The van der Waals surface area contributed by atoms with Crippen LogP contribution in [0.3, 0.4) is 0 Å². The summed E-state index contributed by atoms with van der Waals surface area (Å²) in [7, 11) is 2.81. The number of esters is 1. The Kier molecular flexibility index (Phi) is 4.57. The number of rotatable bonds is 4. The Morgan fingerprint density at radius 2 is 1.93 bits per heavy atom. The van der Waals surface area contributed by atoms with Gasteiger partial charge in [0, 0.05) is 7.11 Å². The number of benzene rings is 1. The Hall–Kier alpha value is -1.61. The first-order valence-corrected chi connectivity index (χ1v) is 4.62. The molecule has 3 nitrogen and oxygen atoms in total. The summed E-state index contributed by atoms with van der Waals surface area (Å²) in [4.78, 5) is 11.2. The second-order valence-corrected chi connectivity index (χ2v) is 2.95. The zero-order valence-corrected chi connectivity index (χ0v) is 8.84. The van der Waals surface area contributed by atoms with E-state index in [1.165, 1.54) is 14.2 Å². The number of hydrogen-bond acceptors (Lipinski definition) is 3. The van der Waals surface area contributed by atoms with E-state index in [1.807, 2.05) is 36.4 Å². The van der Waals surface area contributed by atoms with Gasteiger partial charge in [0.15, 0.2) is 6.10 Å². The molecule has 0 spiro atoms. The fourth-order valence-corrected chi connectivity index (χ4v) is 1.13. The standard InChI is InChI=1S/C12H14O3/c1-14-11(12(13)15-2)9-8-10-6-4-3-5-7-10/h3-9,11H,1-2H3/t11-/m0/s1. The van der Waals surface area contributed by atoms with Crippen molar-refractivity contribution in [2.45, 2.75) is 6.10 Å². The summed E-state index contributed by atoms with van der Waals surface area (Å²) in [6.07, 6.45) is 2.85. The molecule has 0 saturated heterocycles. The summed E-state index contributed by atoms with van der Waals surface area (Å²) in [5.41, 5.74) is 1.02. The topological polar surface area (TPSA) is 35.5 Å². The Bertz CT molecular complexity index is 330. The second-order valence-electron chi connectivity index (χ2n) is 2.95. The van der Waals surface area contributed by atoms with Gasteiger partial charge in [-0.05, 0) is 11.6 Å². The third-order valence-corrected chi connectivity index (χ3v) is 1.95. The molecule has 1 rings (SSSR count). The molecule has 0 fully saturated rings. The van der Waals surface area contributed by atoms with Crippen molar-refractivity contribution >= 4 is 12.0 Å². The monoisotopic (exact) mass is 206 g/mol. The average Bonchev–Trinajstić information content (AvgIpc) is 2.31. The summed E-state index contributed by atoms with van der Waals surface area (Å²) in [5.74, 6) is -0.398. The molecule has 0 saturated carbocycles. The third-order valence-electron chi connectivity index (χ3n) is 1.95. The molecule has 0 bridgehead atoms. The number of carbonyl (C=O) groups excluding carboxylic acids is 1. The lowest BCUT2D eigenvalue weighted by Crippen LogP contribution is -2.21.